The van der Waals surface area contributed by atoms with Crippen LogP contribution >= 0.6 is 0 Å². The summed E-state index contributed by atoms with van der Waals surface area (Å²) >= 11 is 0. The Morgan fingerprint density at radius 1 is 1.27 bits per heavy atom. The first-order valence-corrected chi connectivity index (χ1v) is 5.59. The Kier molecular flexibility index (Phi) is 3.16. The number of nitrogens with one attached hydrogen (secondary N) is 1. The van der Waals surface area contributed by atoms with E-state index in [1.807, 2.05) is 0 Å². The highest BCUT2D eigenvalue weighted by atomic mass is 15.1. The van der Waals surface area contributed by atoms with Crippen LogP contribution in [-0.4, -0.2) is 22.1 Å². The Bertz CT molecular complexity index is 293. The summed E-state index contributed by atoms with van der Waals surface area (Å²) in [5, 5.41) is 3.45. The molecule has 1 heterocycles. The van der Waals surface area contributed by atoms with Gasteiger partial charge in [0.25, 0.3) is 0 Å². The van der Waals surface area contributed by atoms with Crippen molar-refractivity contribution in [1.82, 2.24) is 9.97 Å². The lowest BCUT2D eigenvalue weighted by Crippen LogP contribution is -2.47. The Hall–Kier alpha value is -1.16. The van der Waals surface area contributed by atoms with Gasteiger partial charge in [-0.2, -0.15) is 0 Å². The number of aromatic nitrogens is 2. The molecule has 0 unspecified atom stereocenters. The summed E-state index contributed by atoms with van der Waals surface area (Å²) in [5.41, 5.74) is 5.93. The fourth-order valence-electron chi connectivity index (χ4n) is 2.24. The zero-order chi connectivity index (χ0) is 10.6. The molecule has 0 spiro atoms. The van der Waals surface area contributed by atoms with Crippen molar-refractivity contribution in [1.29, 1.82) is 0 Å². The average molecular weight is 206 g/mol. The third-order valence-electron chi connectivity index (χ3n) is 3.16. The van der Waals surface area contributed by atoms with Crippen molar-refractivity contribution in [2.75, 3.05) is 11.9 Å². The van der Waals surface area contributed by atoms with E-state index in [0.29, 0.717) is 6.54 Å². The molecule has 0 amide bonds. The summed E-state index contributed by atoms with van der Waals surface area (Å²) in [6, 6.07) is 0. The minimum Gasteiger partial charge on any atom is -0.362 e. The zero-order valence-corrected chi connectivity index (χ0v) is 8.95. The van der Waals surface area contributed by atoms with Crippen molar-refractivity contribution < 1.29 is 0 Å². The van der Waals surface area contributed by atoms with E-state index in [0.717, 1.165) is 18.7 Å². The summed E-state index contributed by atoms with van der Waals surface area (Å²) < 4.78 is 0. The predicted octanol–water partition coefficient (Wildman–Crippen LogP) is 1.55. The molecule has 0 bridgehead atoms. The lowest BCUT2D eigenvalue weighted by molar-refractivity contribution is 0.330. The van der Waals surface area contributed by atoms with Crippen LogP contribution in [0.3, 0.4) is 0 Å². The van der Waals surface area contributed by atoms with Crippen LogP contribution in [0.25, 0.3) is 0 Å². The van der Waals surface area contributed by atoms with Crippen molar-refractivity contribution in [3.05, 3.63) is 18.6 Å². The van der Waals surface area contributed by atoms with Gasteiger partial charge in [0.15, 0.2) is 0 Å². The average Bonchev–Trinajstić information content (AvgIpc) is 2.32. The molecule has 15 heavy (non-hydrogen) atoms. The van der Waals surface area contributed by atoms with Crippen molar-refractivity contribution in [3.8, 4) is 0 Å². The van der Waals surface area contributed by atoms with Gasteiger partial charge in [0.05, 0.1) is 11.7 Å². The summed E-state index contributed by atoms with van der Waals surface area (Å²) in [4.78, 5) is 8.29. The molecule has 1 aromatic rings. The van der Waals surface area contributed by atoms with Gasteiger partial charge in [0.2, 0.25) is 0 Å². The van der Waals surface area contributed by atoms with Crippen LogP contribution in [-0.2, 0) is 0 Å². The molecule has 82 valence electrons. The number of nitrogens with zero attached hydrogens (tertiary/aromatic N) is 2. The fraction of sp³-hybridized carbons (Fsp3) is 0.636. The summed E-state index contributed by atoms with van der Waals surface area (Å²) in [6.45, 7) is 0.670. The molecule has 4 nitrogen and oxygen atoms in total. The van der Waals surface area contributed by atoms with E-state index < -0.39 is 0 Å². The van der Waals surface area contributed by atoms with Crippen molar-refractivity contribution in [2.45, 2.75) is 37.6 Å². The first kappa shape index (κ1) is 10.4. The second kappa shape index (κ2) is 4.57. The van der Waals surface area contributed by atoms with Gasteiger partial charge in [-0.25, -0.2) is 4.98 Å². The lowest BCUT2D eigenvalue weighted by Gasteiger charge is -2.37. The number of nitrogens with two attached hydrogens (primary N) is 1. The SMILES string of the molecule is NCC1(Nc2cnccn2)CCCCC1. The van der Waals surface area contributed by atoms with Crippen molar-refractivity contribution >= 4 is 5.82 Å². The molecule has 0 aliphatic heterocycles. The zero-order valence-electron chi connectivity index (χ0n) is 8.95. The van der Waals surface area contributed by atoms with E-state index in [2.05, 4.69) is 15.3 Å². The number of hydrogen-bond donors (Lipinski definition) is 2. The highest BCUT2D eigenvalue weighted by molar-refractivity contribution is 5.35. The molecule has 3 N–H and O–H groups in total. The van der Waals surface area contributed by atoms with Gasteiger partial charge < -0.3 is 11.1 Å². The molecule has 2 rings (SSSR count). The van der Waals surface area contributed by atoms with Gasteiger partial charge in [-0.15, -0.1) is 0 Å². The van der Waals surface area contributed by atoms with Crippen LogP contribution in [0.2, 0.25) is 0 Å². The molecule has 1 aliphatic rings. The number of hydrogen-bond acceptors (Lipinski definition) is 4. The quantitative estimate of drug-likeness (QED) is 0.787. The minimum atomic E-state index is 0.0499. The van der Waals surface area contributed by atoms with Crippen LogP contribution in [0.5, 0.6) is 0 Å². The Balaban J connectivity index is 2.07. The number of rotatable bonds is 3. The van der Waals surface area contributed by atoms with E-state index in [4.69, 9.17) is 5.73 Å². The normalized spacial score (nSPS) is 19.8. The van der Waals surface area contributed by atoms with Gasteiger partial charge in [0.1, 0.15) is 5.82 Å². The maximum absolute atomic E-state index is 5.88. The van der Waals surface area contributed by atoms with Gasteiger partial charge >= 0.3 is 0 Å². The third kappa shape index (κ3) is 2.45. The maximum atomic E-state index is 5.88. The second-order valence-electron chi connectivity index (χ2n) is 4.26. The van der Waals surface area contributed by atoms with Crippen LogP contribution in [0.4, 0.5) is 5.82 Å². The van der Waals surface area contributed by atoms with Crippen LogP contribution in [0.15, 0.2) is 18.6 Å². The summed E-state index contributed by atoms with van der Waals surface area (Å²) in [6.07, 6.45) is 11.3. The largest absolute Gasteiger partial charge is 0.362 e. The van der Waals surface area contributed by atoms with Crippen molar-refractivity contribution in [2.24, 2.45) is 5.73 Å². The molecular formula is C11H18N4. The second-order valence-corrected chi connectivity index (χ2v) is 4.26. The van der Waals surface area contributed by atoms with E-state index in [1.165, 1.54) is 19.3 Å². The highest BCUT2D eigenvalue weighted by Gasteiger charge is 2.30. The molecule has 0 atom stereocenters. The smallest absolute Gasteiger partial charge is 0.144 e. The molecule has 4 heteroatoms. The molecular weight excluding hydrogens is 188 g/mol. The summed E-state index contributed by atoms with van der Waals surface area (Å²) in [5.74, 6) is 0.838. The topological polar surface area (TPSA) is 63.8 Å². The molecule has 1 aromatic heterocycles. The predicted molar refractivity (Wildman–Crippen MR) is 60.5 cm³/mol. The van der Waals surface area contributed by atoms with Gasteiger partial charge in [-0.3, -0.25) is 4.98 Å². The Morgan fingerprint density at radius 2 is 2.07 bits per heavy atom. The third-order valence-corrected chi connectivity index (χ3v) is 3.16. The molecule has 1 aliphatic carbocycles. The molecule has 1 fully saturated rings. The van der Waals surface area contributed by atoms with Gasteiger partial charge in [-0.05, 0) is 12.8 Å². The van der Waals surface area contributed by atoms with Crippen LogP contribution in [0, 0.1) is 0 Å². The molecule has 0 saturated heterocycles. The molecule has 1 saturated carbocycles. The summed E-state index contributed by atoms with van der Waals surface area (Å²) in [7, 11) is 0. The Labute approximate surface area is 90.3 Å². The number of anilines is 1. The first-order chi connectivity index (χ1) is 7.35. The highest BCUT2D eigenvalue weighted by Crippen LogP contribution is 2.29. The lowest BCUT2D eigenvalue weighted by atomic mass is 9.82. The van der Waals surface area contributed by atoms with E-state index in [9.17, 15) is 0 Å². The standard InChI is InChI=1S/C11H18N4/c12-9-11(4-2-1-3-5-11)15-10-8-13-6-7-14-10/h6-8H,1-5,9,12H2,(H,14,15). The molecule has 0 radical (unpaired) electrons. The minimum absolute atomic E-state index is 0.0499. The van der Waals surface area contributed by atoms with E-state index in [-0.39, 0.29) is 5.54 Å². The van der Waals surface area contributed by atoms with Crippen LogP contribution in [0.1, 0.15) is 32.1 Å². The molecule has 0 aromatic carbocycles. The van der Waals surface area contributed by atoms with E-state index in [1.54, 1.807) is 18.6 Å². The van der Waals surface area contributed by atoms with E-state index >= 15 is 0 Å². The maximum Gasteiger partial charge on any atom is 0.144 e. The fourth-order valence-corrected chi connectivity index (χ4v) is 2.24. The first-order valence-electron chi connectivity index (χ1n) is 5.59. The van der Waals surface area contributed by atoms with Crippen LogP contribution < -0.4 is 11.1 Å². The van der Waals surface area contributed by atoms with Gasteiger partial charge in [-0.1, -0.05) is 19.3 Å². The monoisotopic (exact) mass is 206 g/mol. The van der Waals surface area contributed by atoms with Crippen molar-refractivity contribution in [3.63, 3.8) is 0 Å². The van der Waals surface area contributed by atoms with Gasteiger partial charge in [0, 0.05) is 18.9 Å². The Morgan fingerprint density at radius 3 is 2.67 bits per heavy atom.